The van der Waals surface area contributed by atoms with Crippen LogP contribution in [0.5, 0.6) is 0 Å². The molecule has 5 atom stereocenters. The van der Waals surface area contributed by atoms with E-state index in [1.165, 1.54) is 19.4 Å². The number of H-pyrrole nitrogens is 1. The van der Waals surface area contributed by atoms with Crippen molar-refractivity contribution in [2.24, 2.45) is 17.2 Å². The minimum Gasteiger partial charge on any atom is -0.480 e. The average Bonchev–Trinajstić information content (AvgIpc) is 3.28. The Hall–Kier alpha value is -3.56. The number of hydrogen-bond acceptors (Lipinski definition) is 9. The minimum absolute atomic E-state index is 0.114. The lowest BCUT2D eigenvalue weighted by Crippen LogP contribution is -2.60. The van der Waals surface area contributed by atoms with Crippen molar-refractivity contribution in [1.29, 1.82) is 0 Å². The second-order valence-electron chi connectivity index (χ2n) is 8.03. The van der Waals surface area contributed by atoms with Crippen LogP contribution < -0.4 is 33.2 Å². The Labute approximate surface area is 201 Å². The molecule has 1 rings (SSSR count). The number of imidazole rings is 1. The number of hydrogen-bond donors (Lipinski definition) is 9. The number of unbranched alkanes of at least 4 members (excludes halogenated alkanes) is 1. The predicted molar refractivity (Wildman–Crippen MR) is 122 cm³/mol. The van der Waals surface area contributed by atoms with Gasteiger partial charge in [0.15, 0.2) is 0 Å². The van der Waals surface area contributed by atoms with E-state index in [9.17, 15) is 34.2 Å². The van der Waals surface area contributed by atoms with Crippen molar-refractivity contribution in [2.75, 3.05) is 6.54 Å². The van der Waals surface area contributed by atoms with Gasteiger partial charge in [-0.15, -0.1) is 0 Å². The summed E-state index contributed by atoms with van der Waals surface area (Å²) in [4.78, 5) is 67.1. The van der Waals surface area contributed by atoms with Gasteiger partial charge in [-0.1, -0.05) is 0 Å². The lowest BCUT2D eigenvalue weighted by Gasteiger charge is -2.26. The van der Waals surface area contributed by atoms with E-state index in [1.54, 1.807) is 0 Å². The molecule has 1 aromatic rings. The molecule has 35 heavy (non-hydrogen) atoms. The third kappa shape index (κ3) is 10.5. The van der Waals surface area contributed by atoms with Crippen molar-refractivity contribution >= 4 is 29.6 Å². The zero-order valence-corrected chi connectivity index (χ0v) is 19.4. The molecule has 15 nitrogen and oxygen atoms in total. The van der Waals surface area contributed by atoms with Crippen LogP contribution in [0.4, 0.5) is 0 Å². The SMILES string of the molecule is CC(O)C(NC(=O)C(CCCCN)NC(=O)C(N)CC(N)=O)C(=O)NC(Cc1cnc[nH]1)C(=O)O. The molecule has 12 N–H and O–H groups in total. The summed E-state index contributed by atoms with van der Waals surface area (Å²) in [7, 11) is 0. The maximum Gasteiger partial charge on any atom is 0.326 e. The molecule has 0 bridgehead atoms. The molecule has 0 aliphatic rings. The molecular formula is C20H34N8O7. The van der Waals surface area contributed by atoms with E-state index < -0.39 is 66.3 Å². The third-order valence-corrected chi connectivity index (χ3v) is 4.99. The number of aromatic amines is 1. The lowest BCUT2D eigenvalue weighted by molar-refractivity contribution is -0.143. The molecule has 0 radical (unpaired) electrons. The van der Waals surface area contributed by atoms with Gasteiger partial charge in [0.2, 0.25) is 23.6 Å². The molecule has 0 saturated heterocycles. The van der Waals surface area contributed by atoms with Crippen molar-refractivity contribution in [2.45, 2.75) is 69.3 Å². The van der Waals surface area contributed by atoms with Crippen LogP contribution in [0.25, 0.3) is 0 Å². The fourth-order valence-corrected chi connectivity index (χ4v) is 3.09. The Morgan fingerprint density at radius 1 is 1.06 bits per heavy atom. The van der Waals surface area contributed by atoms with Crippen LogP contribution in [0.2, 0.25) is 0 Å². The number of aromatic nitrogens is 2. The number of nitrogens with zero attached hydrogens (tertiary/aromatic N) is 1. The van der Waals surface area contributed by atoms with Gasteiger partial charge in [0.1, 0.15) is 18.1 Å². The normalized spacial score (nSPS) is 15.2. The van der Waals surface area contributed by atoms with Crippen molar-refractivity contribution in [3.8, 4) is 0 Å². The number of carbonyl (C=O) groups excluding carboxylic acids is 4. The summed E-state index contributed by atoms with van der Waals surface area (Å²) in [6, 6.07) is -5.35. The summed E-state index contributed by atoms with van der Waals surface area (Å²) >= 11 is 0. The molecule has 0 aliphatic carbocycles. The topological polar surface area (TPSA) is 269 Å². The van der Waals surface area contributed by atoms with Crippen LogP contribution >= 0.6 is 0 Å². The number of aliphatic hydroxyl groups is 1. The molecule has 0 fully saturated rings. The highest BCUT2D eigenvalue weighted by atomic mass is 16.4. The number of carboxylic acids is 1. The van der Waals surface area contributed by atoms with Gasteiger partial charge >= 0.3 is 5.97 Å². The van der Waals surface area contributed by atoms with Crippen molar-refractivity contribution in [3.05, 3.63) is 18.2 Å². The van der Waals surface area contributed by atoms with Gasteiger partial charge in [-0.2, -0.15) is 0 Å². The molecule has 0 aliphatic heterocycles. The average molecular weight is 499 g/mol. The first-order valence-electron chi connectivity index (χ1n) is 11.0. The summed E-state index contributed by atoms with van der Waals surface area (Å²) in [6.07, 6.45) is 1.91. The first-order valence-corrected chi connectivity index (χ1v) is 11.0. The van der Waals surface area contributed by atoms with Crippen LogP contribution in [-0.4, -0.2) is 86.6 Å². The number of nitrogens with one attached hydrogen (secondary N) is 4. The largest absolute Gasteiger partial charge is 0.480 e. The highest BCUT2D eigenvalue weighted by Gasteiger charge is 2.33. The predicted octanol–water partition coefficient (Wildman–Crippen LogP) is -3.80. The highest BCUT2D eigenvalue weighted by molar-refractivity contribution is 5.95. The molecule has 5 unspecified atom stereocenters. The maximum atomic E-state index is 12.9. The maximum absolute atomic E-state index is 12.9. The molecule has 0 aromatic carbocycles. The Balaban J connectivity index is 2.93. The fourth-order valence-electron chi connectivity index (χ4n) is 3.09. The highest BCUT2D eigenvalue weighted by Crippen LogP contribution is 2.05. The standard InChI is InChI=1S/C20H34N8O7/c1-10(29)16(19(33)27-14(20(34)35)6-11-8-24-9-25-11)28-18(32)13(4-2-3-5-21)26-17(31)12(22)7-15(23)30/h8-10,12-14,16,29H,2-7,21-22H2,1H3,(H2,23,30)(H,24,25)(H,26,31)(H,27,33)(H,28,32)(H,34,35). The molecule has 1 heterocycles. The second-order valence-corrected chi connectivity index (χ2v) is 8.03. The third-order valence-electron chi connectivity index (χ3n) is 4.99. The number of primary amides is 1. The quantitative estimate of drug-likeness (QED) is 0.100. The van der Waals surface area contributed by atoms with E-state index in [-0.39, 0.29) is 12.8 Å². The molecule has 0 spiro atoms. The van der Waals surface area contributed by atoms with Gasteiger partial charge in [-0.3, -0.25) is 19.2 Å². The van der Waals surface area contributed by atoms with E-state index in [0.717, 1.165) is 0 Å². The van der Waals surface area contributed by atoms with Crippen molar-refractivity contribution in [1.82, 2.24) is 25.9 Å². The van der Waals surface area contributed by atoms with Crippen molar-refractivity contribution in [3.63, 3.8) is 0 Å². The summed E-state index contributed by atoms with van der Waals surface area (Å²) in [5.41, 5.74) is 16.6. The van der Waals surface area contributed by atoms with Gasteiger partial charge in [-0.05, 0) is 32.7 Å². The van der Waals surface area contributed by atoms with Crippen LogP contribution in [0.1, 0.15) is 38.3 Å². The number of amides is 4. The van der Waals surface area contributed by atoms with Gasteiger partial charge in [0, 0.05) is 18.3 Å². The zero-order valence-electron chi connectivity index (χ0n) is 19.4. The fraction of sp³-hybridized carbons (Fsp3) is 0.600. The monoisotopic (exact) mass is 498 g/mol. The molecule has 15 heteroatoms. The lowest BCUT2D eigenvalue weighted by atomic mass is 10.0. The number of nitrogens with two attached hydrogens (primary N) is 3. The Bertz CT molecular complexity index is 862. The van der Waals surface area contributed by atoms with Crippen LogP contribution in [0.15, 0.2) is 12.5 Å². The Morgan fingerprint density at radius 3 is 2.23 bits per heavy atom. The molecule has 0 saturated carbocycles. The summed E-state index contributed by atoms with van der Waals surface area (Å²) in [5.74, 6) is -4.70. The number of aliphatic hydroxyl groups excluding tert-OH is 1. The van der Waals surface area contributed by atoms with Crippen LogP contribution in [0.3, 0.4) is 0 Å². The first kappa shape index (κ1) is 29.5. The van der Waals surface area contributed by atoms with E-state index in [4.69, 9.17) is 17.2 Å². The minimum atomic E-state index is -1.53. The Kier molecular flexibility index (Phi) is 12.3. The number of carbonyl (C=O) groups is 5. The van der Waals surface area contributed by atoms with Gasteiger partial charge < -0.3 is 48.3 Å². The van der Waals surface area contributed by atoms with Crippen molar-refractivity contribution < 1.29 is 34.2 Å². The first-order chi connectivity index (χ1) is 16.5. The van der Waals surface area contributed by atoms with Gasteiger partial charge in [0.05, 0.1) is 24.9 Å². The van der Waals surface area contributed by atoms with E-state index >= 15 is 0 Å². The van der Waals surface area contributed by atoms with Gasteiger partial charge in [0.25, 0.3) is 0 Å². The van der Waals surface area contributed by atoms with Crippen LogP contribution in [-0.2, 0) is 30.4 Å². The van der Waals surface area contributed by atoms with Crippen LogP contribution in [0, 0.1) is 0 Å². The summed E-state index contributed by atoms with van der Waals surface area (Å²) in [6.45, 7) is 1.58. The molecule has 4 amide bonds. The summed E-state index contributed by atoms with van der Waals surface area (Å²) in [5, 5.41) is 26.6. The Morgan fingerprint density at radius 2 is 1.71 bits per heavy atom. The number of aliphatic carboxylic acids is 1. The smallest absolute Gasteiger partial charge is 0.326 e. The van der Waals surface area contributed by atoms with Gasteiger partial charge in [-0.25, -0.2) is 9.78 Å². The molecular weight excluding hydrogens is 464 g/mol. The second kappa shape index (κ2) is 14.6. The molecule has 196 valence electrons. The number of carboxylic acid groups (broad SMARTS) is 1. The van der Waals surface area contributed by atoms with E-state index in [1.807, 2.05) is 0 Å². The summed E-state index contributed by atoms with van der Waals surface area (Å²) < 4.78 is 0. The van der Waals surface area contributed by atoms with E-state index in [2.05, 4.69) is 25.9 Å². The number of rotatable bonds is 16. The molecule has 1 aromatic heterocycles. The zero-order chi connectivity index (χ0) is 26.5. The van der Waals surface area contributed by atoms with E-state index in [0.29, 0.717) is 25.1 Å².